The quantitative estimate of drug-likeness (QED) is 0.0299. The Balaban J connectivity index is 0.000000180. The van der Waals surface area contributed by atoms with E-state index in [1.165, 1.54) is 21.8 Å². The van der Waals surface area contributed by atoms with E-state index in [2.05, 4.69) is 47.7 Å². The van der Waals surface area contributed by atoms with Gasteiger partial charge in [0, 0.05) is 61.6 Å². The number of aliphatic hydroxyl groups is 6. The molecule has 2 aromatic carbocycles. The van der Waals surface area contributed by atoms with Gasteiger partial charge < -0.3 is 80.3 Å². The predicted molar refractivity (Wildman–Crippen MR) is 307 cm³/mol. The van der Waals surface area contributed by atoms with Crippen molar-refractivity contribution in [2.75, 3.05) is 77.3 Å². The maximum atomic E-state index is 12.4. The lowest BCUT2D eigenvalue weighted by Crippen LogP contribution is -2.39. The topological polar surface area (TPSA) is 357 Å². The molecule has 6 aromatic rings. The first-order chi connectivity index (χ1) is 40.3. The minimum atomic E-state index is -1.29. The van der Waals surface area contributed by atoms with E-state index in [4.69, 9.17) is 51.4 Å². The van der Waals surface area contributed by atoms with E-state index in [0.29, 0.717) is 83.9 Å². The molecule has 0 spiro atoms. The number of rotatable bonds is 16. The summed E-state index contributed by atoms with van der Waals surface area (Å²) < 4.78 is 36.0. The van der Waals surface area contributed by atoms with Gasteiger partial charge in [-0.05, 0) is 54.6 Å². The number of nitrogen functional groups attached to an aromatic ring is 2. The van der Waals surface area contributed by atoms with E-state index in [1.807, 2.05) is 83.3 Å². The van der Waals surface area contributed by atoms with Gasteiger partial charge in [-0.1, -0.05) is 66.6 Å². The van der Waals surface area contributed by atoms with Crippen LogP contribution in [0.5, 0.6) is 0 Å². The molecule has 0 radical (unpaired) electrons. The highest BCUT2D eigenvalue weighted by Gasteiger charge is 2.45. The fourth-order valence-corrected chi connectivity index (χ4v) is 10.2. The highest BCUT2D eigenvalue weighted by Crippen LogP contribution is 2.34. The molecule has 0 aliphatic carbocycles. The highest BCUT2D eigenvalue weighted by molar-refractivity contribution is 14.1. The number of anilines is 2. The number of nitrogens with two attached hydrogens (primary N) is 2. The van der Waals surface area contributed by atoms with Crippen molar-refractivity contribution in [3.05, 3.63) is 94.1 Å². The maximum absolute atomic E-state index is 12.4. The largest absolute Gasteiger partial charge is 0.447 e. The number of carbonyl (C=O) groups excluding carboxylic acids is 2. The Morgan fingerprint density at radius 2 is 1.07 bits per heavy atom. The molecule has 10 rings (SSSR count). The lowest BCUT2D eigenvalue weighted by molar-refractivity contribution is -0.0511. The first-order valence-electron chi connectivity index (χ1n) is 27.2. The average molecular weight is 1260 g/mol. The third kappa shape index (κ3) is 16.5. The van der Waals surface area contributed by atoms with Crippen LogP contribution in [-0.2, 0) is 41.6 Å². The summed E-state index contributed by atoms with van der Waals surface area (Å²) in [7, 11) is 0. The molecule has 4 aromatic heterocycles. The molecule has 8 heterocycles. The summed E-state index contributed by atoms with van der Waals surface area (Å²) in [5, 5.41) is 58.8. The zero-order chi connectivity index (χ0) is 58.8. The molecule has 4 fully saturated rings. The van der Waals surface area contributed by atoms with Gasteiger partial charge in [-0.25, -0.2) is 39.5 Å². The Morgan fingerprint density at radius 1 is 0.627 bits per heavy atom. The van der Waals surface area contributed by atoms with Crippen LogP contribution in [0.3, 0.4) is 0 Å². The smallest absolute Gasteiger partial charge is 0.409 e. The van der Waals surface area contributed by atoms with Crippen LogP contribution >= 0.6 is 22.6 Å². The SMILES string of the molecule is C#CCC1CCN(C(=O)OCCOCc2ccccc2)CC1.Nc1nc(C#CCC2CCN(C(=O)OCCOCc3ccccc3)CC2)nc2c1ncn2[C@@H]1O[C@H](CO)C(O)[C@@H]1O.Nc1nc(I)nc2c1ncn2[C@@H]1O[C@H](CO)C(O)[C@@H]1O. The van der Waals surface area contributed by atoms with Crippen molar-refractivity contribution in [2.24, 2.45) is 11.8 Å². The summed E-state index contributed by atoms with van der Waals surface area (Å²) >= 11 is 1.92. The van der Waals surface area contributed by atoms with Crippen molar-refractivity contribution >= 4 is 68.7 Å². The Bertz CT molecular complexity index is 3150. The Morgan fingerprint density at radius 3 is 1.52 bits per heavy atom. The second-order valence-corrected chi connectivity index (χ2v) is 21.0. The van der Waals surface area contributed by atoms with Crippen molar-refractivity contribution < 1.29 is 68.6 Å². The number of fused-ring (bicyclic) bond motifs is 2. The lowest BCUT2D eigenvalue weighted by atomic mass is 9.94. The maximum Gasteiger partial charge on any atom is 0.409 e. The second kappa shape index (κ2) is 30.6. The molecule has 4 aliphatic heterocycles. The van der Waals surface area contributed by atoms with Crippen LogP contribution in [0.1, 0.15) is 67.9 Å². The van der Waals surface area contributed by atoms with E-state index >= 15 is 0 Å². The normalized spacial score (nSPS) is 22.7. The number of likely N-dealkylation sites (tertiary alicyclic amines) is 2. The number of hydrogen-bond acceptors (Lipinski definition) is 22. The number of nitrogens with zero attached hydrogens (tertiary/aromatic N) is 10. The van der Waals surface area contributed by atoms with Crippen LogP contribution in [0.2, 0.25) is 0 Å². The Hall–Kier alpha value is -6.87. The van der Waals surface area contributed by atoms with Crippen molar-refractivity contribution in [3.63, 3.8) is 0 Å². The molecular formula is C56H69IN12O14. The van der Waals surface area contributed by atoms with Gasteiger partial charge in [-0.3, -0.25) is 9.13 Å². The van der Waals surface area contributed by atoms with Crippen molar-refractivity contribution in [2.45, 2.75) is 101 Å². The molecule has 8 atom stereocenters. The number of ether oxygens (including phenoxy) is 6. The molecule has 27 heteroatoms. The third-order valence-electron chi connectivity index (χ3n) is 14.3. The van der Waals surface area contributed by atoms with E-state index in [0.717, 1.165) is 56.3 Å². The van der Waals surface area contributed by atoms with Crippen LogP contribution < -0.4 is 11.5 Å². The summed E-state index contributed by atoms with van der Waals surface area (Å²) in [6.45, 7) is 4.07. The van der Waals surface area contributed by atoms with E-state index in [9.17, 15) is 35.1 Å². The van der Waals surface area contributed by atoms with E-state index in [-0.39, 0.29) is 42.9 Å². The van der Waals surface area contributed by atoms with Crippen molar-refractivity contribution in [1.29, 1.82) is 0 Å². The fourth-order valence-electron chi connectivity index (χ4n) is 9.66. The Kier molecular flexibility index (Phi) is 22.9. The molecule has 10 N–H and O–H groups in total. The minimum Gasteiger partial charge on any atom is -0.447 e. The number of amides is 2. The van der Waals surface area contributed by atoms with Gasteiger partial charge in [0.2, 0.25) is 5.82 Å². The molecule has 2 unspecified atom stereocenters. The first-order valence-corrected chi connectivity index (χ1v) is 28.2. The van der Waals surface area contributed by atoms with E-state index in [1.54, 1.807) is 9.80 Å². The van der Waals surface area contributed by atoms with Gasteiger partial charge in [-0.2, -0.15) is 0 Å². The second-order valence-electron chi connectivity index (χ2n) is 20.0. The fraction of sp³-hybridized carbons (Fsp3) is 0.500. The van der Waals surface area contributed by atoms with Crippen molar-refractivity contribution in [3.8, 4) is 24.2 Å². The molecule has 444 valence electrons. The van der Waals surface area contributed by atoms with Crippen LogP contribution in [0.15, 0.2) is 73.3 Å². The van der Waals surface area contributed by atoms with Gasteiger partial charge in [0.1, 0.15) is 60.9 Å². The number of halogens is 1. The summed E-state index contributed by atoms with van der Waals surface area (Å²) in [5.74, 6) is 10.2. The minimum absolute atomic E-state index is 0.127. The van der Waals surface area contributed by atoms with Crippen molar-refractivity contribution in [1.82, 2.24) is 48.8 Å². The van der Waals surface area contributed by atoms with Crippen LogP contribution in [0.4, 0.5) is 21.2 Å². The molecule has 0 bridgehead atoms. The number of hydrogen-bond donors (Lipinski definition) is 8. The molecular weight excluding hydrogens is 1190 g/mol. The molecule has 2 amide bonds. The average Bonchev–Trinajstić information content (AvgIpc) is 2.64. The number of imidazole rings is 2. The molecule has 26 nitrogen and oxygen atoms in total. The van der Waals surface area contributed by atoms with Gasteiger partial charge >= 0.3 is 12.2 Å². The van der Waals surface area contributed by atoms with Crippen LogP contribution in [-0.4, -0.2) is 194 Å². The summed E-state index contributed by atoms with van der Waals surface area (Å²) in [5.41, 5.74) is 15.4. The third-order valence-corrected chi connectivity index (χ3v) is 14.8. The van der Waals surface area contributed by atoms with Gasteiger partial charge in [0.05, 0.1) is 52.3 Å². The Labute approximate surface area is 492 Å². The first kappa shape index (κ1) is 62.2. The van der Waals surface area contributed by atoms with Gasteiger partial charge in [-0.15, -0.1) is 12.3 Å². The van der Waals surface area contributed by atoms with Gasteiger partial charge in [0.25, 0.3) is 0 Å². The van der Waals surface area contributed by atoms with E-state index < -0.39 is 62.3 Å². The molecule has 4 saturated heterocycles. The number of benzene rings is 2. The van der Waals surface area contributed by atoms with Gasteiger partial charge in [0.15, 0.2) is 39.2 Å². The number of aliphatic hydroxyl groups excluding tert-OH is 6. The number of carbonyl (C=O) groups is 2. The lowest BCUT2D eigenvalue weighted by Gasteiger charge is -2.30. The number of terminal acetylenes is 1. The summed E-state index contributed by atoms with van der Waals surface area (Å²) in [4.78, 5) is 52.9. The molecule has 83 heavy (non-hydrogen) atoms. The number of aromatic nitrogens is 8. The molecule has 0 saturated carbocycles. The standard InChI is InChI=1S/C28H34N6O7.C18H23NO3.C10H12IN5O4/c29-25-22-26(34(17-30-22)27-24(37)23(36)20(15-35)41-27)32-21(31-25)8-4-7-18-9-11-33(12-10-18)28(38)40-14-13-39-16-19-5-2-1-3-6-19;1-2-6-16-9-11-19(12-10-16)18(20)22-14-13-21-15-17-7-4-3-5-8-17;11-10-14-7(12)4-8(15-10)16(2-13-4)9-6(19)5(18)3(1-17)20-9/h1-3,5-6,17-18,20,23-24,27,35-37H,7,9-16H2,(H2,29,31,32);1,3-5,7-8,16H,6,9-15H2;2-3,5-6,9,17-19H,1H2,(H2,12,14,15)/t20-,23?,24+,27-;;3-,5?,6+,9-/m1.1/s1. The van der Waals surface area contributed by atoms with Crippen LogP contribution in [0, 0.1) is 39.9 Å². The monoisotopic (exact) mass is 1260 g/mol. The summed E-state index contributed by atoms with van der Waals surface area (Å²) in [6, 6.07) is 19.8. The zero-order valence-corrected chi connectivity index (χ0v) is 47.6. The summed E-state index contributed by atoms with van der Waals surface area (Å²) in [6.07, 6.45) is 3.87. The van der Waals surface area contributed by atoms with Crippen LogP contribution in [0.25, 0.3) is 22.3 Å². The zero-order valence-electron chi connectivity index (χ0n) is 45.5. The predicted octanol–water partition coefficient (Wildman–Crippen LogP) is 2.53. The highest BCUT2D eigenvalue weighted by atomic mass is 127. The number of piperidine rings is 2. The molecule has 4 aliphatic rings.